The molecule has 0 saturated heterocycles. The average molecular weight is 412 g/mol. The topological polar surface area (TPSA) is 75.8 Å². The van der Waals surface area contributed by atoms with Crippen LogP contribution in [0, 0.1) is 13.8 Å². The molecule has 3 aromatic rings. The van der Waals surface area contributed by atoms with E-state index in [0.717, 1.165) is 5.56 Å². The van der Waals surface area contributed by atoms with Gasteiger partial charge in [-0.3, -0.25) is 4.79 Å². The molecular weight excluding hydrogens is 384 g/mol. The van der Waals surface area contributed by atoms with Gasteiger partial charge in [-0.1, -0.05) is 36.4 Å². The summed E-state index contributed by atoms with van der Waals surface area (Å²) in [6, 6.07) is 14.0. The molecule has 152 valence electrons. The molecule has 3 rings (SSSR count). The summed E-state index contributed by atoms with van der Waals surface area (Å²) in [7, 11) is 0. The number of aromatic nitrogens is 1. The molecule has 1 aromatic carbocycles. The van der Waals surface area contributed by atoms with Gasteiger partial charge in [0, 0.05) is 11.3 Å². The zero-order valence-electron chi connectivity index (χ0n) is 17.2. The van der Waals surface area contributed by atoms with Gasteiger partial charge >= 0.3 is 5.97 Å². The Labute approximate surface area is 175 Å². The summed E-state index contributed by atoms with van der Waals surface area (Å²) >= 11 is 1.68. The van der Waals surface area contributed by atoms with Crippen LogP contribution in [-0.4, -0.2) is 29.4 Å². The van der Waals surface area contributed by atoms with Gasteiger partial charge in [-0.25, -0.2) is 4.79 Å². The first-order chi connectivity index (χ1) is 13.9. The average Bonchev–Trinajstić information content (AvgIpc) is 3.34. The molecule has 0 amide bonds. The highest BCUT2D eigenvalue weighted by Crippen LogP contribution is 2.24. The Hall–Kier alpha value is -2.70. The predicted molar refractivity (Wildman–Crippen MR) is 115 cm³/mol. The Morgan fingerprint density at radius 1 is 1.14 bits per heavy atom. The van der Waals surface area contributed by atoms with Crippen LogP contribution >= 0.6 is 11.3 Å². The Morgan fingerprint density at radius 3 is 2.48 bits per heavy atom. The van der Waals surface area contributed by atoms with E-state index in [4.69, 9.17) is 4.74 Å². The highest BCUT2D eigenvalue weighted by molar-refractivity contribution is 7.10. The molecule has 5 nitrogen and oxygen atoms in total. The molecule has 0 aliphatic carbocycles. The van der Waals surface area contributed by atoms with Crippen LogP contribution in [0.25, 0.3) is 0 Å². The largest absolute Gasteiger partial charge is 0.462 e. The van der Waals surface area contributed by atoms with Gasteiger partial charge in [0.25, 0.3) is 0 Å². The van der Waals surface area contributed by atoms with Crippen molar-refractivity contribution in [2.45, 2.75) is 39.8 Å². The van der Waals surface area contributed by atoms with Crippen molar-refractivity contribution in [2.75, 3.05) is 6.61 Å². The number of benzene rings is 1. The summed E-state index contributed by atoms with van der Waals surface area (Å²) < 4.78 is 5.14. The second kappa shape index (κ2) is 9.20. The van der Waals surface area contributed by atoms with Crippen LogP contribution in [0.5, 0.6) is 0 Å². The van der Waals surface area contributed by atoms with E-state index < -0.39 is 5.97 Å². The second-order valence-corrected chi connectivity index (χ2v) is 8.07. The summed E-state index contributed by atoms with van der Waals surface area (Å²) in [5.41, 5.74) is 3.40. The highest BCUT2D eigenvalue weighted by atomic mass is 32.1. The minimum Gasteiger partial charge on any atom is -0.462 e. The Bertz CT molecular complexity index is 977. The van der Waals surface area contributed by atoms with Crippen molar-refractivity contribution in [3.8, 4) is 0 Å². The smallest absolute Gasteiger partial charge is 0.340 e. The van der Waals surface area contributed by atoms with Crippen LogP contribution in [0.1, 0.15) is 62.4 Å². The maximum absolute atomic E-state index is 13.2. The number of carbonyl (C=O) groups excluding carboxylic acids is 2. The number of esters is 1. The summed E-state index contributed by atoms with van der Waals surface area (Å²) in [4.78, 5) is 29.8. The zero-order chi connectivity index (χ0) is 21.0. The molecular formula is C23H27N2O3S+. The lowest BCUT2D eigenvalue weighted by atomic mass is 10.0. The van der Waals surface area contributed by atoms with E-state index in [0.29, 0.717) is 29.1 Å². The number of thiophene rings is 1. The molecule has 0 radical (unpaired) electrons. The quantitative estimate of drug-likeness (QED) is 0.437. The van der Waals surface area contributed by atoms with E-state index in [1.165, 1.54) is 4.88 Å². The van der Waals surface area contributed by atoms with Crippen LogP contribution < -0.4 is 5.32 Å². The fourth-order valence-corrected chi connectivity index (χ4v) is 4.44. The van der Waals surface area contributed by atoms with Crippen LogP contribution in [0.2, 0.25) is 0 Å². The minimum atomic E-state index is -0.393. The number of ketones is 1. The van der Waals surface area contributed by atoms with Gasteiger partial charge in [-0.15, -0.1) is 11.3 Å². The van der Waals surface area contributed by atoms with Gasteiger partial charge in [-0.05, 0) is 44.7 Å². The molecule has 0 aliphatic rings. The highest BCUT2D eigenvalue weighted by Gasteiger charge is 2.30. The van der Waals surface area contributed by atoms with E-state index in [-0.39, 0.29) is 17.9 Å². The normalized spacial score (nSPS) is 13.1. The molecule has 0 bridgehead atoms. The maximum Gasteiger partial charge on any atom is 0.340 e. The predicted octanol–water partition coefficient (Wildman–Crippen LogP) is 3.79. The van der Waals surface area contributed by atoms with E-state index in [9.17, 15) is 9.59 Å². The SMILES string of the molecule is CCOC(=O)c1c(C)[nH]c(C(=O)[C@@H](C)[NH2+][C@@H](c2ccccc2)c2cccs2)c1C. The number of nitrogens with one attached hydrogen (secondary N) is 1. The van der Waals surface area contributed by atoms with E-state index in [1.54, 1.807) is 32.1 Å². The number of Topliss-reactive ketones (excluding diaryl/α,β-unsaturated/α-hetero) is 1. The number of H-pyrrole nitrogens is 1. The van der Waals surface area contributed by atoms with Crippen molar-refractivity contribution in [3.63, 3.8) is 0 Å². The third-order valence-electron chi connectivity index (χ3n) is 5.07. The summed E-state index contributed by atoms with van der Waals surface area (Å²) in [6.45, 7) is 7.57. The van der Waals surface area contributed by atoms with Crippen LogP contribution in [0.15, 0.2) is 47.8 Å². The molecule has 0 unspecified atom stereocenters. The van der Waals surface area contributed by atoms with Gasteiger partial charge in [0.1, 0.15) is 12.1 Å². The molecule has 0 fully saturated rings. The molecule has 29 heavy (non-hydrogen) atoms. The Balaban J connectivity index is 1.86. The summed E-state index contributed by atoms with van der Waals surface area (Å²) in [5.74, 6) is -0.422. The fraction of sp³-hybridized carbons (Fsp3) is 0.304. The number of ether oxygens (including phenoxy) is 1. The number of aryl methyl sites for hydroxylation is 1. The monoisotopic (exact) mass is 411 g/mol. The van der Waals surface area contributed by atoms with Gasteiger partial charge in [0.15, 0.2) is 0 Å². The number of nitrogens with two attached hydrogens (primary N) is 1. The standard InChI is InChI=1S/C23H26N2O3S/c1-5-28-23(27)19-14(2)20(24-15(19)3)22(26)16(4)25-21(18-12-9-13-29-18)17-10-7-6-8-11-17/h6-13,16,21,24-25H,5H2,1-4H3/p+1/t16-,21+/m1/s1. The summed E-state index contributed by atoms with van der Waals surface area (Å²) in [6.07, 6.45) is 0. The van der Waals surface area contributed by atoms with Crippen LogP contribution in [0.4, 0.5) is 0 Å². The van der Waals surface area contributed by atoms with Crippen molar-refractivity contribution >= 4 is 23.1 Å². The van der Waals surface area contributed by atoms with Crippen molar-refractivity contribution in [1.82, 2.24) is 4.98 Å². The molecule has 2 aromatic heterocycles. The first-order valence-corrected chi connectivity index (χ1v) is 10.7. The number of aromatic amines is 1. The van der Waals surface area contributed by atoms with Gasteiger partial charge in [0.05, 0.1) is 22.7 Å². The second-order valence-electron chi connectivity index (χ2n) is 7.09. The van der Waals surface area contributed by atoms with Crippen LogP contribution in [0.3, 0.4) is 0 Å². The van der Waals surface area contributed by atoms with Gasteiger partial charge in [-0.2, -0.15) is 0 Å². The van der Waals surface area contributed by atoms with Crippen LogP contribution in [-0.2, 0) is 4.74 Å². The molecule has 6 heteroatoms. The van der Waals surface area contributed by atoms with E-state index >= 15 is 0 Å². The van der Waals surface area contributed by atoms with Crippen molar-refractivity contribution in [3.05, 3.63) is 80.8 Å². The molecule has 2 atom stereocenters. The summed E-state index contributed by atoms with van der Waals surface area (Å²) in [5, 5.41) is 4.14. The number of hydrogen-bond donors (Lipinski definition) is 2. The Kier molecular flexibility index (Phi) is 6.67. The molecule has 0 spiro atoms. The van der Waals surface area contributed by atoms with E-state index in [1.807, 2.05) is 31.2 Å². The molecule has 2 heterocycles. The lowest BCUT2D eigenvalue weighted by molar-refractivity contribution is -0.703. The third kappa shape index (κ3) is 4.49. The first-order valence-electron chi connectivity index (χ1n) is 9.77. The van der Waals surface area contributed by atoms with Crippen molar-refractivity contribution in [2.24, 2.45) is 0 Å². The number of quaternary nitrogens is 1. The van der Waals surface area contributed by atoms with Gasteiger partial charge in [0.2, 0.25) is 5.78 Å². The first kappa shape index (κ1) is 21.0. The Morgan fingerprint density at radius 2 is 1.86 bits per heavy atom. The number of hydrogen-bond acceptors (Lipinski definition) is 4. The zero-order valence-corrected chi connectivity index (χ0v) is 18.0. The molecule has 3 N–H and O–H groups in total. The molecule has 0 aliphatic heterocycles. The maximum atomic E-state index is 13.2. The van der Waals surface area contributed by atoms with Crippen molar-refractivity contribution < 1.29 is 19.6 Å². The number of carbonyl (C=O) groups is 2. The molecule has 0 saturated carbocycles. The lowest BCUT2D eigenvalue weighted by Gasteiger charge is -2.19. The van der Waals surface area contributed by atoms with Gasteiger partial charge < -0.3 is 15.0 Å². The fourth-order valence-electron chi connectivity index (χ4n) is 3.61. The lowest BCUT2D eigenvalue weighted by Crippen LogP contribution is -2.92. The van der Waals surface area contributed by atoms with E-state index in [2.05, 4.69) is 33.9 Å². The third-order valence-corrected chi connectivity index (χ3v) is 6.02. The van der Waals surface area contributed by atoms with Crippen molar-refractivity contribution in [1.29, 1.82) is 0 Å². The minimum absolute atomic E-state index is 0.0290. The number of rotatable bonds is 8.